The molecule has 6 atom stereocenters. The van der Waals surface area contributed by atoms with Crippen molar-refractivity contribution >= 4 is 23.2 Å². The highest BCUT2D eigenvalue weighted by Crippen LogP contribution is 2.68. The summed E-state index contributed by atoms with van der Waals surface area (Å²) in [6.07, 6.45) is 5.76. The summed E-state index contributed by atoms with van der Waals surface area (Å²) in [5.41, 5.74) is -1.08. The van der Waals surface area contributed by atoms with Gasteiger partial charge in [0.05, 0.1) is 0 Å². The number of aliphatic hydroxyl groups excluding tert-OH is 1. The van der Waals surface area contributed by atoms with Gasteiger partial charge in [0, 0.05) is 24.0 Å². The average Bonchev–Trinajstić information content (AvgIpc) is 3.00. The van der Waals surface area contributed by atoms with E-state index in [1.54, 1.807) is 6.08 Å². The van der Waals surface area contributed by atoms with E-state index in [2.05, 4.69) is 13.0 Å². The zero-order chi connectivity index (χ0) is 21.9. The standard InChI is InChI=1S/C23H31ClO6/c1-21-7-4-13(25)10-17(21)18(24)11-14-15(21)5-8-22(2)16(14)6-9-23(22,30-12-29-3)19(26)20(27)28/h10-11,14-16,20,27-28H,4-9,12H2,1-3H3/t14-,15+,16+,21-,22+,23+/m1/s1. The quantitative estimate of drug-likeness (QED) is 0.640. The number of carbonyl (C=O) groups excluding carboxylic acids is 2. The molecule has 0 aromatic heterocycles. The Balaban J connectivity index is 1.77. The number of hydrogen-bond acceptors (Lipinski definition) is 6. The van der Waals surface area contributed by atoms with E-state index < -0.39 is 23.1 Å². The number of carbonyl (C=O) groups is 2. The Bertz CT molecular complexity index is 819. The number of rotatable bonds is 5. The van der Waals surface area contributed by atoms with Gasteiger partial charge in [-0.05, 0) is 66.9 Å². The van der Waals surface area contributed by atoms with Crippen LogP contribution in [0.4, 0.5) is 0 Å². The predicted octanol–water partition coefficient (Wildman–Crippen LogP) is 3.10. The van der Waals surface area contributed by atoms with Gasteiger partial charge in [0.2, 0.25) is 12.1 Å². The maximum atomic E-state index is 13.0. The molecule has 0 heterocycles. The van der Waals surface area contributed by atoms with Gasteiger partial charge in [-0.15, -0.1) is 0 Å². The van der Waals surface area contributed by atoms with E-state index in [1.165, 1.54) is 7.11 Å². The van der Waals surface area contributed by atoms with Gasteiger partial charge in [-0.2, -0.15) is 0 Å². The molecule has 0 aliphatic heterocycles. The third-order valence-electron chi connectivity index (χ3n) is 8.73. The summed E-state index contributed by atoms with van der Waals surface area (Å²) in [4.78, 5) is 25.1. The molecule has 0 aromatic rings. The van der Waals surface area contributed by atoms with Gasteiger partial charge in [-0.3, -0.25) is 9.59 Å². The molecule has 0 saturated heterocycles. The van der Waals surface area contributed by atoms with Crippen molar-refractivity contribution in [3.8, 4) is 0 Å². The minimum Gasteiger partial charge on any atom is -0.362 e. The molecule has 0 aromatic carbocycles. The first-order valence-corrected chi connectivity index (χ1v) is 11.1. The fraction of sp³-hybridized carbons (Fsp3) is 0.739. The molecule has 0 unspecified atom stereocenters. The Kier molecular flexibility index (Phi) is 5.55. The van der Waals surface area contributed by atoms with Crippen LogP contribution in [0.15, 0.2) is 22.8 Å². The number of allylic oxidation sites excluding steroid dienone is 4. The normalized spacial score (nSPS) is 42.9. The van der Waals surface area contributed by atoms with Crippen LogP contribution in [0.1, 0.15) is 52.4 Å². The van der Waals surface area contributed by atoms with E-state index in [9.17, 15) is 19.8 Å². The molecular weight excluding hydrogens is 408 g/mol. The van der Waals surface area contributed by atoms with Crippen molar-refractivity contribution in [1.82, 2.24) is 0 Å². The van der Waals surface area contributed by atoms with Crippen LogP contribution in [0, 0.1) is 28.6 Å². The summed E-state index contributed by atoms with van der Waals surface area (Å²) in [5, 5.41) is 20.2. The first-order chi connectivity index (χ1) is 14.1. The summed E-state index contributed by atoms with van der Waals surface area (Å²) >= 11 is 6.71. The SMILES string of the molecule is COCO[C@]1(C(=O)C(O)O)CC[C@H]2[C@@H]3C=C(Cl)C4=CC(=O)CC[C@]4(C)[C@H]3CC[C@@]21C. The van der Waals surface area contributed by atoms with Crippen LogP contribution >= 0.6 is 11.6 Å². The number of Topliss-reactive ketones (excluding diaryl/α,β-unsaturated/α-hetero) is 1. The zero-order valence-electron chi connectivity index (χ0n) is 17.8. The Morgan fingerprint density at radius 1 is 1.23 bits per heavy atom. The van der Waals surface area contributed by atoms with Crippen molar-refractivity contribution in [2.75, 3.05) is 13.9 Å². The van der Waals surface area contributed by atoms with Crippen LogP contribution in [-0.2, 0) is 19.1 Å². The molecule has 4 aliphatic rings. The molecule has 7 heteroatoms. The van der Waals surface area contributed by atoms with Crippen LogP contribution in [0.5, 0.6) is 0 Å². The van der Waals surface area contributed by atoms with Crippen LogP contribution < -0.4 is 0 Å². The molecule has 0 radical (unpaired) electrons. The number of fused-ring (bicyclic) bond motifs is 5. The molecule has 2 N–H and O–H groups in total. The second-order valence-electron chi connectivity index (χ2n) is 9.86. The smallest absolute Gasteiger partial charge is 0.220 e. The molecule has 0 spiro atoms. The molecule has 4 aliphatic carbocycles. The van der Waals surface area contributed by atoms with Gasteiger partial charge in [-0.1, -0.05) is 31.5 Å². The Hall–Kier alpha value is -1.05. The van der Waals surface area contributed by atoms with Gasteiger partial charge in [-0.25, -0.2) is 0 Å². The largest absolute Gasteiger partial charge is 0.362 e. The number of aliphatic hydroxyl groups is 2. The lowest BCUT2D eigenvalue weighted by Gasteiger charge is -2.58. The van der Waals surface area contributed by atoms with E-state index in [-0.39, 0.29) is 29.8 Å². The van der Waals surface area contributed by atoms with Crippen molar-refractivity contribution in [3.63, 3.8) is 0 Å². The van der Waals surface area contributed by atoms with Gasteiger partial charge in [0.1, 0.15) is 12.4 Å². The predicted molar refractivity (Wildman–Crippen MR) is 110 cm³/mol. The van der Waals surface area contributed by atoms with Crippen molar-refractivity contribution in [2.24, 2.45) is 28.6 Å². The second-order valence-corrected chi connectivity index (χ2v) is 10.3. The zero-order valence-corrected chi connectivity index (χ0v) is 18.6. The molecule has 166 valence electrons. The van der Waals surface area contributed by atoms with E-state index in [4.69, 9.17) is 21.1 Å². The third kappa shape index (κ3) is 2.91. The Labute approximate surface area is 182 Å². The molecule has 2 saturated carbocycles. The van der Waals surface area contributed by atoms with Crippen LogP contribution in [0.3, 0.4) is 0 Å². The second kappa shape index (κ2) is 7.52. The van der Waals surface area contributed by atoms with Crippen molar-refractivity contribution in [3.05, 3.63) is 22.8 Å². The topological polar surface area (TPSA) is 93.1 Å². The van der Waals surface area contributed by atoms with E-state index in [1.807, 2.05) is 6.92 Å². The van der Waals surface area contributed by atoms with Gasteiger partial charge < -0.3 is 19.7 Å². The molecule has 6 nitrogen and oxygen atoms in total. The molecule has 0 amide bonds. The Morgan fingerprint density at radius 3 is 2.60 bits per heavy atom. The van der Waals surface area contributed by atoms with Crippen molar-refractivity contribution in [1.29, 1.82) is 0 Å². The first-order valence-electron chi connectivity index (χ1n) is 10.8. The van der Waals surface area contributed by atoms with E-state index >= 15 is 0 Å². The summed E-state index contributed by atoms with van der Waals surface area (Å²) in [6, 6.07) is 0. The fourth-order valence-corrected chi connectivity index (χ4v) is 7.57. The molecular formula is C23H31ClO6. The highest BCUT2D eigenvalue weighted by atomic mass is 35.5. The molecule has 2 fully saturated rings. The highest BCUT2D eigenvalue weighted by Gasteiger charge is 2.68. The van der Waals surface area contributed by atoms with E-state index in [0.29, 0.717) is 23.8 Å². The number of hydrogen-bond donors (Lipinski definition) is 2. The molecule has 4 rings (SSSR count). The third-order valence-corrected chi connectivity index (χ3v) is 9.06. The number of halogens is 1. The summed E-state index contributed by atoms with van der Waals surface area (Å²) in [7, 11) is 1.49. The fourth-order valence-electron chi connectivity index (χ4n) is 7.15. The molecule has 30 heavy (non-hydrogen) atoms. The number of ether oxygens (including phenoxy) is 2. The highest BCUT2D eigenvalue weighted by molar-refractivity contribution is 6.32. The van der Waals surface area contributed by atoms with Crippen molar-refractivity contribution < 1.29 is 29.3 Å². The van der Waals surface area contributed by atoms with Crippen LogP contribution in [0.2, 0.25) is 0 Å². The first kappa shape index (κ1) is 22.2. The average molecular weight is 439 g/mol. The van der Waals surface area contributed by atoms with Crippen LogP contribution in [-0.4, -0.2) is 47.6 Å². The lowest BCUT2D eigenvalue weighted by Crippen LogP contribution is -2.60. The monoisotopic (exact) mass is 438 g/mol. The summed E-state index contributed by atoms with van der Waals surface area (Å²) < 4.78 is 11.1. The van der Waals surface area contributed by atoms with Gasteiger partial charge in [0.25, 0.3) is 0 Å². The van der Waals surface area contributed by atoms with Gasteiger partial charge in [0.15, 0.2) is 5.78 Å². The maximum Gasteiger partial charge on any atom is 0.220 e. The lowest BCUT2D eigenvalue weighted by molar-refractivity contribution is -0.214. The van der Waals surface area contributed by atoms with E-state index in [0.717, 1.165) is 31.3 Å². The lowest BCUT2D eigenvalue weighted by atomic mass is 9.48. The molecule has 0 bridgehead atoms. The van der Waals surface area contributed by atoms with Gasteiger partial charge >= 0.3 is 0 Å². The number of ketones is 2. The minimum atomic E-state index is -2.09. The summed E-state index contributed by atoms with van der Waals surface area (Å²) in [5.74, 6) is 0.0149. The van der Waals surface area contributed by atoms with Crippen molar-refractivity contribution in [2.45, 2.75) is 64.3 Å². The van der Waals surface area contributed by atoms with Crippen LogP contribution in [0.25, 0.3) is 0 Å². The minimum absolute atomic E-state index is 0.0851. The summed E-state index contributed by atoms with van der Waals surface area (Å²) in [6.45, 7) is 4.17. The maximum absolute atomic E-state index is 13.0. The number of methoxy groups -OCH3 is 1. The Morgan fingerprint density at radius 2 is 1.93 bits per heavy atom.